The van der Waals surface area contributed by atoms with Crippen molar-refractivity contribution in [2.75, 3.05) is 19.0 Å². The first-order chi connectivity index (χ1) is 15.5. The van der Waals surface area contributed by atoms with E-state index in [4.69, 9.17) is 4.74 Å². The maximum Gasteiger partial charge on any atom is 0.322 e. The number of nitrogens with one attached hydrogen (secondary N) is 2. The normalized spacial score (nSPS) is 15.5. The van der Waals surface area contributed by atoms with Crippen molar-refractivity contribution in [3.63, 3.8) is 0 Å². The van der Waals surface area contributed by atoms with E-state index in [2.05, 4.69) is 63.5 Å². The van der Waals surface area contributed by atoms with Crippen LogP contribution in [0, 0.1) is 6.92 Å². The van der Waals surface area contributed by atoms with Crippen LogP contribution in [0.5, 0.6) is 5.75 Å². The fourth-order valence-electron chi connectivity index (χ4n) is 4.47. The van der Waals surface area contributed by atoms with E-state index in [1.165, 1.54) is 11.1 Å². The summed E-state index contributed by atoms with van der Waals surface area (Å²) in [6.45, 7) is 2.69. The van der Waals surface area contributed by atoms with Crippen molar-refractivity contribution < 1.29 is 9.53 Å². The number of methoxy groups -OCH3 is 1. The van der Waals surface area contributed by atoms with E-state index < -0.39 is 0 Å². The summed E-state index contributed by atoms with van der Waals surface area (Å²) in [5.41, 5.74) is 6.40. The maximum atomic E-state index is 13.4. The number of hydrogen-bond acceptors (Lipinski definition) is 2. The monoisotopic (exact) mass is 489 g/mol. The molecule has 32 heavy (non-hydrogen) atoms. The van der Waals surface area contributed by atoms with E-state index in [1.54, 1.807) is 7.11 Å². The molecule has 2 heterocycles. The second kappa shape index (κ2) is 8.36. The predicted molar refractivity (Wildman–Crippen MR) is 131 cm³/mol. The molecule has 1 aliphatic rings. The molecule has 162 valence electrons. The minimum atomic E-state index is -0.204. The minimum Gasteiger partial charge on any atom is -0.497 e. The molecule has 1 aliphatic heterocycles. The third-order valence-corrected chi connectivity index (χ3v) is 6.56. The van der Waals surface area contributed by atoms with Gasteiger partial charge in [0.2, 0.25) is 0 Å². The third-order valence-electron chi connectivity index (χ3n) is 6.06. The summed E-state index contributed by atoms with van der Waals surface area (Å²) in [6.07, 6.45) is 0.775. The van der Waals surface area contributed by atoms with Crippen LogP contribution in [0.1, 0.15) is 28.4 Å². The van der Waals surface area contributed by atoms with Gasteiger partial charge in [0.25, 0.3) is 0 Å². The van der Waals surface area contributed by atoms with Gasteiger partial charge in [0.15, 0.2) is 0 Å². The van der Waals surface area contributed by atoms with Crippen molar-refractivity contribution in [3.05, 3.63) is 93.6 Å². The standard InChI is InChI=1S/C26H24BrN3O2/c1-16-6-8-17(9-7-16)25-24-21(22-15-20(32-2)10-11-23(22)29-24)12-13-30(25)26(31)28-19-5-3-4-18(27)14-19/h3-11,14-15,25,29H,12-13H2,1-2H3,(H,28,31). The van der Waals surface area contributed by atoms with Crippen molar-refractivity contribution in [3.8, 4) is 5.75 Å². The minimum absolute atomic E-state index is 0.115. The SMILES string of the molecule is COc1ccc2[nH]c3c(c2c1)CCN(C(=O)Nc1cccc(Br)c1)C3c1ccc(C)cc1. The van der Waals surface area contributed by atoms with E-state index in [-0.39, 0.29) is 12.1 Å². The number of aromatic amines is 1. The van der Waals surface area contributed by atoms with Gasteiger partial charge in [-0.3, -0.25) is 0 Å². The van der Waals surface area contributed by atoms with Crippen LogP contribution in [-0.2, 0) is 6.42 Å². The summed E-state index contributed by atoms with van der Waals surface area (Å²) in [6, 6.07) is 21.8. The van der Waals surface area contributed by atoms with Crippen molar-refractivity contribution in [1.29, 1.82) is 0 Å². The largest absolute Gasteiger partial charge is 0.497 e. The molecule has 1 unspecified atom stereocenters. The van der Waals surface area contributed by atoms with Crippen LogP contribution >= 0.6 is 15.9 Å². The predicted octanol–water partition coefficient (Wildman–Crippen LogP) is 6.43. The first kappa shape index (κ1) is 20.6. The van der Waals surface area contributed by atoms with Gasteiger partial charge in [-0.05, 0) is 60.9 Å². The number of nitrogens with zero attached hydrogens (tertiary/aromatic N) is 1. The lowest BCUT2D eigenvalue weighted by molar-refractivity contribution is 0.193. The van der Waals surface area contributed by atoms with Crippen LogP contribution in [0.15, 0.2) is 71.2 Å². The summed E-state index contributed by atoms with van der Waals surface area (Å²) in [4.78, 5) is 18.9. The second-order valence-electron chi connectivity index (χ2n) is 8.13. The van der Waals surface area contributed by atoms with E-state index in [9.17, 15) is 4.79 Å². The number of halogens is 1. The van der Waals surface area contributed by atoms with Gasteiger partial charge in [0, 0.05) is 33.3 Å². The smallest absolute Gasteiger partial charge is 0.322 e. The van der Waals surface area contributed by atoms with E-state index in [0.717, 1.165) is 44.5 Å². The van der Waals surface area contributed by atoms with Crippen LogP contribution in [0.25, 0.3) is 10.9 Å². The van der Waals surface area contributed by atoms with Crippen molar-refractivity contribution in [2.24, 2.45) is 0 Å². The van der Waals surface area contributed by atoms with Gasteiger partial charge in [0.05, 0.1) is 13.2 Å². The molecule has 0 saturated heterocycles. The van der Waals surface area contributed by atoms with Gasteiger partial charge >= 0.3 is 6.03 Å². The highest BCUT2D eigenvalue weighted by molar-refractivity contribution is 9.10. The van der Waals surface area contributed by atoms with Gasteiger partial charge in [-0.15, -0.1) is 0 Å². The third kappa shape index (κ3) is 3.75. The Morgan fingerprint density at radius 2 is 1.94 bits per heavy atom. The first-order valence-corrected chi connectivity index (χ1v) is 11.4. The highest BCUT2D eigenvalue weighted by Crippen LogP contribution is 2.39. The molecule has 0 saturated carbocycles. The fourth-order valence-corrected chi connectivity index (χ4v) is 4.87. The van der Waals surface area contributed by atoms with E-state index >= 15 is 0 Å². The van der Waals surface area contributed by atoms with Gasteiger partial charge in [0.1, 0.15) is 5.75 Å². The number of fused-ring (bicyclic) bond motifs is 3. The molecule has 1 atom stereocenters. The molecule has 3 aromatic carbocycles. The Morgan fingerprint density at radius 3 is 2.69 bits per heavy atom. The summed E-state index contributed by atoms with van der Waals surface area (Å²) in [7, 11) is 1.68. The summed E-state index contributed by atoms with van der Waals surface area (Å²) in [5.74, 6) is 0.834. The lowest BCUT2D eigenvalue weighted by atomic mass is 9.92. The molecule has 1 aromatic heterocycles. The Labute approximate surface area is 195 Å². The number of anilines is 1. The Hall–Kier alpha value is -3.25. The molecule has 0 fully saturated rings. The molecular weight excluding hydrogens is 466 g/mol. The molecule has 0 radical (unpaired) electrons. The highest BCUT2D eigenvalue weighted by atomic mass is 79.9. The number of urea groups is 1. The molecule has 2 amide bonds. The van der Waals surface area contributed by atoms with Crippen LogP contribution in [0.4, 0.5) is 10.5 Å². The molecule has 4 aromatic rings. The van der Waals surface area contributed by atoms with E-state index in [1.807, 2.05) is 41.3 Å². The van der Waals surface area contributed by atoms with Crippen molar-refractivity contribution in [1.82, 2.24) is 9.88 Å². The quantitative estimate of drug-likeness (QED) is 0.348. The molecular formula is C26H24BrN3O2. The number of aryl methyl sites for hydroxylation is 1. The zero-order chi connectivity index (χ0) is 22.2. The zero-order valence-corrected chi connectivity index (χ0v) is 19.6. The van der Waals surface area contributed by atoms with Crippen LogP contribution < -0.4 is 10.1 Å². The number of amides is 2. The second-order valence-corrected chi connectivity index (χ2v) is 9.04. The number of rotatable bonds is 3. The number of ether oxygens (including phenoxy) is 1. The topological polar surface area (TPSA) is 57.4 Å². The maximum absolute atomic E-state index is 13.4. The van der Waals surface area contributed by atoms with Crippen molar-refractivity contribution in [2.45, 2.75) is 19.4 Å². The number of benzene rings is 3. The summed E-state index contributed by atoms with van der Waals surface area (Å²) < 4.78 is 6.38. The van der Waals surface area contributed by atoms with Gasteiger partial charge in [-0.2, -0.15) is 0 Å². The average Bonchev–Trinajstić information content (AvgIpc) is 3.17. The molecule has 2 N–H and O–H groups in total. The Morgan fingerprint density at radius 1 is 1.12 bits per heavy atom. The molecule has 0 aliphatic carbocycles. The van der Waals surface area contributed by atoms with Gasteiger partial charge in [-0.25, -0.2) is 4.79 Å². The number of carbonyl (C=O) groups excluding carboxylic acids is 1. The van der Waals surface area contributed by atoms with Crippen LogP contribution in [0.3, 0.4) is 0 Å². The molecule has 0 spiro atoms. The molecule has 5 nitrogen and oxygen atoms in total. The van der Waals surface area contributed by atoms with Crippen LogP contribution in [-0.4, -0.2) is 29.6 Å². The summed E-state index contributed by atoms with van der Waals surface area (Å²) in [5, 5.41) is 4.23. The van der Waals surface area contributed by atoms with Crippen molar-refractivity contribution >= 4 is 38.6 Å². The number of hydrogen-bond donors (Lipinski definition) is 2. The fraction of sp³-hybridized carbons (Fsp3) is 0.192. The lowest BCUT2D eigenvalue weighted by Crippen LogP contribution is -2.43. The first-order valence-electron chi connectivity index (χ1n) is 10.6. The molecule has 0 bridgehead atoms. The number of aromatic nitrogens is 1. The van der Waals surface area contributed by atoms with Gasteiger partial charge < -0.3 is 19.9 Å². The lowest BCUT2D eigenvalue weighted by Gasteiger charge is -2.36. The van der Waals surface area contributed by atoms with Crippen LogP contribution in [0.2, 0.25) is 0 Å². The molecule has 6 heteroatoms. The van der Waals surface area contributed by atoms with E-state index in [0.29, 0.717) is 6.54 Å². The number of carbonyl (C=O) groups is 1. The molecule has 5 rings (SSSR count). The number of H-pyrrole nitrogens is 1. The Balaban J connectivity index is 1.58. The average molecular weight is 490 g/mol. The van der Waals surface area contributed by atoms with Gasteiger partial charge in [-0.1, -0.05) is 51.8 Å². The zero-order valence-electron chi connectivity index (χ0n) is 18.0. The Kier molecular flexibility index (Phi) is 5.39. The summed E-state index contributed by atoms with van der Waals surface area (Å²) >= 11 is 3.48. The highest BCUT2D eigenvalue weighted by Gasteiger charge is 2.34. The Bertz CT molecular complexity index is 1300.